The summed E-state index contributed by atoms with van der Waals surface area (Å²) in [5, 5.41) is 2.81. The van der Waals surface area contributed by atoms with Crippen LogP contribution < -0.4 is 5.32 Å². The molecule has 0 aromatic heterocycles. The molecule has 0 saturated heterocycles. The van der Waals surface area contributed by atoms with Gasteiger partial charge in [-0.1, -0.05) is 25.7 Å². The van der Waals surface area contributed by atoms with E-state index in [2.05, 4.69) is 10.1 Å². The molecule has 4 nitrogen and oxygen atoms in total. The SMILES string of the molecule is COC(=O)CCNC(=O)C1CCCCCC1. The Bertz CT molecular complexity index is 232. The Morgan fingerprint density at radius 2 is 1.81 bits per heavy atom. The Morgan fingerprint density at radius 3 is 2.38 bits per heavy atom. The minimum Gasteiger partial charge on any atom is -0.469 e. The number of nitrogens with one attached hydrogen (secondary N) is 1. The van der Waals surface area contributed by atoms with Crippen LogP contribution in [0.15, 0.2) is 0 Å². The van der Waals surface area contributed by atoms with Gasteiger partial charge in [0.1, 0.15) is 0 Å². The lowest BCUT2D eigenvalue weighted by Crippen LogP contribution is -2.32. The van der Waals surface area contributed by atoms with Gasteiger partial charge in [0.05, 0.1) is 13.5 Å². The van der Waals surface area contributed by atoms with Crippen molar-refractivity contribution in [2.45, 2.75) is 44.9 Å². The Morgan fingerprint density at radius 1 is 1.19 bits per heavy atom. The number of amides is 1. The van der Waals surface area contributed by atoms with Crippen LogP contribution in [-0.2, 0) is 14.3 Å². The van der Waals surface area contributed by atoms with Gasteiger partial charge in [-0.2, -0.15) is 0 Å². The number of rotatable bonds is 4. The molecular formula is C12H21NO3. The first kappa shape index (κ1) is 13.0. The summed E-state index contributed by atoms with van der Waals surface area (Å²) in [5.74, 6) is -0.0212. The average Bonchev–Trinajstić information content (AvgIpc) is 2.57. The summed E-state index contributed by atoms with van der Waals surface area (Å²) in [6, 6.07) is 0. The van der Waals surface area contributed by atoms with Crippen LogP contribution in [0.2, 0.25) is 0 Å². The lowest BCUT2D eigenvalue weighted by atomic mass is 9.99. The van der Waals surface area contributed by atoms with Crippen LogP contribution in [0.25, 0.3) is 0 Å². The van der Waals surface area contributed by atoms with Crippen LogP contribution in [0.1, 0.15) is 44.9 Å². The van der Waals surface area contributed by atoms with Gasteiger partial charge in [-0.25, -0.2) is 0 Å². The van der Waals surface area contributed by atoms with Crippen molar-refractivity contribution in [2.24, 2.45) is 5.92 Å². The van der Waals surface area contributed by atoms with Crippen molar-refractivity contribution in [2.75, 3.05) is 13.7 Å². The van der Waals surface area contributed by atoms with E-state index in [-0.39, 0.29) is 24.2 Å². The van der Waals surface area contributed by atoms with Crippen LogP contribution in [-0.4, -0.2) is 25.5 Å². The predicted molar refractivity (Wildman–Crippen MR) is 60.8 cm³/mol. The topological polar surface area (TPSA) is 55.4 Å². The van der Waals surface area contributed by atoms with Crippen LogP contribution in [0, 0.1) is 5.92 Å². The second kappa shape index (κ2) is 7.25. The van der Waals surface area contributed by atoms with E-state index in [1.165, 1.54) is 20.0 Å². The van der Waals surface area contributed by atoms with Gasteiger partial charge < -0.3 is 10.1 Å². The molecule has 0 bridgehead atoms. The highest BCUT2D eigenvalue weighted by Gasteiger charge is 2.19. The van der Waals surface area contributed by atoms with Crippen molar-refractivity contribution in [1.82, 2.24) is 5.32 Å². The van der Waals surface area contributed by atoms with Crippen molar-refractivity contribution in [3.05, 3.63) is 0 Å². The van der Waals surface area contributed by atoms with E-state index in [0.717, 1.165) is 25.7 Å². The largest absolute Gasteiger partial charge is 0.469 e. The van der Waals surface area contributed by atoms with E-state index in [1.54, 1.807) is 0 Å². The quantitative estimate of drug-likeness (QED) is 0.586. The normalized spacial score (nSPS) is 17.6. The molecule has 0 unspecified atom stereocenters. The van der Waals surface area contributed by atoms with Crippen molar-refractivity contribution in [3.8, 4) is 0 Å². The predicted octanol–water partition coefficient (Wildman–Crippen LogP) is 1.64. The summed E-state index contributed by atoms with van der Waals surface area (Å²) in [4.78, 5) is 22.6. The van der Waals surface area contributed by atoms with Crippen molar-refractivity contribution in [1.29, 1.82) is 0 Å². The third-order valence-electron chi connectivity index (χ3n) is 3.08. The van der Waals surface area contributed by atoms with Crippen molar-refractivity contribution >= 4 is 11.9 Å². The number of ether oxygens (including phenoxy) is 1. The summed E-state index contributed by atoms with van der Waals surface area (Å²) in [6.07, 6.45) is 7.02. The molecule has 1 aliphatic rings. The summed E-state index contributed by atoms with van der Waals surface area (Å²) >= 11 is 0. The van der Waals surface area contributed by atoms with E-state index in [0.29, 0.717) is 6.54 Å². The number of methoxy groups -OCH3 is 1. The molecule has 16 heavy (non-hydrogen) atoms. The van der Waals surface area contributed by atoms with E-state index in [1.807, 2.05) is 0 Å². The van der Waals surface area contributed by atoms with Crippen LogP contribution >= 0.6 is 0 Å². The number of hydrogen-bond acceptors (Lipinski definition) is 3. The average molecular weight is 227 g/mol. The van der Waals surface area contributed by atoms with E-state index >= 15 is 0 Å². The molecule has 1 fully saturated rings. The molecule has 4 heteroatoms. The molecule has 1 aliphatic carbocycles. The maximum absolute atomic E-state index is 11.8. The third-order valence-corrected chi connectivity index (χ3v) is 3.08. The van der Waals surface area contributed by atoms with Crippen molar-refractivity contribution in [3.63, 3.8) is 0 Å². The van der Waals surface area contributed by atoms with Crippen LogP contribution in [0.4, 0.5) is 0 Å². The summed E-state index contributed by atoms with van der Waals surface area (Å²) < 4.78 is 4.51. The van der Waals surface area contributed by atoms with Crippen LogP contribution in [0.3, 0.4) is 0 Å². The summed E-state index contributed by atoms with van der Waals surface area (Å²) in [6.45, 7) is 0.391. The van der Waals surface area contributed by atoms with Gasteiger partial charge in [0.2, 0.25) is 5.91 Å². The highest BCUT2D eigenvalue weighted by molar-refractivity contribution is 5.79. The van der Waals surface area contributed by atoms with Crippen molar-refractivity contribution < 1.29 is 14.3 Å². The highest BCUT2D eigenvalue weighted by atomic mass is 16.5. The first-order valence-electron chi connectivity index (χ1n) is 6.08. The van der Waals surface area contributed by atoms with Gasteiger partial charge >= 0.3 is 5.97 Å². The summed E-state index contributed by atoms with van der Waals surface area (Å²) in [7, 11) is 1.36. The molecule has 0 spiro atoms. The van der Waals surface area contributed by atoms with E-state index in [4.69, 9.17) is 0 Å². The van der Waals surface area contributed by atoms with Gasteiger partial charge in [0, 0.05) is 12.5 Å². The maximum Gasteiger partial charge on any atom is 0.307 e. The van der Waals surface area contributed by atoms with E-state index < -0.39 is 0 Å². The first-order valence-corrected chi connectivity index (χ1v) is 6.08. The molecule has 1 N–H and O–H groups in total. The Hall–Kier alpha value is -1.06. The minimum atomic E-state index is -0.277. The lowest BCUT2D eigenvalue weighted by molar-refractivity contribution is -0.140. The molecule has 1 rings (SSSR count). The standard InChI is InChI=1S/C12H21NO3/c1-16-11(14)8-9-13-12(15)10-6-4-2-3-5-7-10/h10H,2-9H2,1H3,(H,13,15). The third kappa shape index (κ3) is 4.64. The zero-order valence-electron chi connectivity index (χ0n) is 9.96. The van der Waals surface area contributed by atoms with Gasteiger partial charge in [-0.15, -0.1) is 0 Å². The number of carbonyl (C=O) groups is 2. The Kier molecular flexibility index (Phi) is 5.90. The molecular weight excluding hydrogens is 206 g/mol. The fraction of sp³-hybridized carbons (Fsp3) is 0.833. The highest BCUT2D eigenvalue weighted by Crippen LogP contribution is 2.22. The zero-order chi connectivity index (χ0) is 11.8. The van der Waals surface area contributed by atoms with Gasteiger partial charge in [0.25, 0.3) is 0 Å². The second-order valence-electron chi connectivity index (χ2n) is 4.31. The second-order valence-corrected chi connectivity index (χ2v) is 4.31. The molecule has 0 radical (unpaired) electrons. The molecule has 0 aromatic rings. The number of hydrogen-bond donors (Lipinski definition) is 1. The Labute approximate surface area is 96.7 Å². The molecule has 92 valence electrons. The molecule has 1 amide bonds. The first-order chi connectivity index (χ1) is 7.74. The van der Waals surface area contributed by atoms with Crippen LogP contribution in [0.5, 0.6) is 0 Å². The molecule has 1 saturated carbocycles. The zero-order valence-corrected chi connectivity index (χ0v) is 9.96. The Balaban J connectivity index is 2.20. The van der Waals surface area contributed by atoms with Gasteiger partial charge in [-0.05, 0) is 12.8 Å². The number of carbonyl (C=O) groups excluding carboxylic acids is 2. The molecule has 0 aliphatic heterocycles. The smallest absolute Gasteiger partial charge is 0.307 e. The van der Waals surface area contributed by atoms with Gasteiger partial charge in [0.15, 0.2) is 0 Å². The molecule has 0 heterocycles. The monoisotopic (exact) mass is 227 g/mol. The molecule has 0 aromatic carbocycles. The lowest BCUT2D eigenvalue weighted by Gasteiger charge is -2.13. The maximum atomic E-state index is 11.8. The molecule has 0 atom stereocenters. The number of esters is 1. The summed E-state index contributed by atoms with van der Waals surface area (Å²) in [5.41, 5.74) is 0. The fourth-order valence-electron chi connectivity index (χ4n) is 2.08. The fourth-order valence-corrected chi connectivity index (χ4v) is 2.08. The minimum absolute atomic E-state index is 0.103. The van der Waals surface area contributed by atoms with E-state index in [9.17, 15) is 9.59 Å². The van der Waals surface area contributed by atoms with Gasteiger partial charge in [-0.3, -0.25) is 9.59 Å².